The van der Waals surface area contributed by atoms with Crippen molar-refractivity contribution >= 4 is 22.4 Å². The summed E-state index contributed by atoms with van der Waals surface area (Å²) in [6.07, 6.45) is 5.24. The Kier molecular flexibility index (Phi) is 5.63. The monoisotopic (exact) mass is 338 g/mol. The van der Waals surface area contributed by atoms with E-state index in [2.05, 4.69) is 15.2 Å². The number of hydrogen-bond donors (Lipinski definition) is 2. The molecule has 3 rings (SSSR count). The van der Waals surface area contributed by atoms with E-state index >= 15 is 0 Å². The number of rotatable bonds is 5. The molecule has 2 aliphatic heterocycles. The highest BCUT2D eigenvalue weighted by atomic mass is 32.1. The third-order valence-electron chi connectivity index (χ3n) is 4.93. The summed E-state index contributed by atoms with van der Waals surface area (Å²) in [6, 6.07) is 0. The van der Waals surface area contributed by atoms with Crippen molar-refractivity contribution in [1.29, 1.82) is 0 Å². The van der Waals surface area contributed by atoms with E-state index in [0.29, 0.717) is 37.7 Å². The van der Waals surface area contributed by atoms with Gasteiger partial charge >= 0.3 is 0 Å². The van der Waals surface area contributed by atoms with Crippen molar-refractivity contribution in [3.05, 3.63) is 11.1 Å². The van der Waals surface area contributed by atoms with Gasteiger partial charge in [0, 0.05) is 31.7 Å². The number of hydrogen-bond acceptors (Lipinski definition) is 6. The van der Waals surface area contributed by atoms with Gasteiger partial charge in [-0.25, -0.2) is 4.98 Å². The average molecular weight is 338 g/mol. The number of likely N-dealkylation sites (tertiary alicyclic amines) is 1. The van der Waals surface area contributed by atoms with Crippen LogP contribution in [-0.2, 0) is 16.1 Å². The van der Waals surface area contributed by atoms with E-state index in [1.165, 1.54) is 30.6 Å². The zero-order valence-electron chi connectivity index (χ0n) is 13.6. The highest BCUT2D eigenvalue weighted by molar-refractivity contribution is 7.13. The molecule has 2 fully saturated rings. The smallest absolute Gasteiger partial charge is 0.233 e. The van der Waals surface area contributed by atoms with Gasteiger partial charge in [-0.05, 0) is 38.8 Å². The van der Waals surface area contributed by atoms with Crippen LogP contribution in [0, 0.1) is 5.41 Å². The number of aromatic nitrogens is 1. The SMILES string of the molecule is NCC1(C(=O)Nc2nc(CN3CCCCC3)cs2)CCOCC1. The lowest BCUT2D eigenvalue weighted by Crippen LogP contribution is -2.46. The number of ether oxygens (including phenoxy) is 1. The quantitative estimate of drug-likeness (QED) is 0.856. The molecule has 3 heterocycles. The zero-order chi connectivity index (χ0) is 16.1. The lowest BCUT2D eigenvalue weighted by atomic mass is 9.79. The second-order valence-electron chi connectivity index (χ2n) is 6.53. The molecular formula is C16H26N4O2S. The highest BCUT2D eigenvalue weighted by Crippen LogP contribution is 2.31. The third kappa shape index (κ3) is 4.09. The minimum atomic E-state index is -0.503. The Morgan fingerprint density at radius 1 is 1.35 bits per heavy atom. The van der Waals surface area contributed by atoms with Gasteiger partial charge in [-0.2, -0.15) is 0 Å². The Hall–Kier alpha value is -1.02. The number of amides is 1. The predicted octanol–water partition coefficient (Wildman–Crippen LogP) is 1.82. The summed E-state index contributed by atoms with van der Waals surface area (Å²) in [7, 11) is 0. The van der Waals surface area contributed by atoms with Gasteiger partial charge in [0.1, 0.15) is 0 Å². The van der Waals surface area contributed by atoms with Crippen LogP contribution in [0.2, 0.25) is 0 Å². The minimum Gasteiger partial charge on any atom is -0.381 e. The van der Waals surface area contributed by atoms with E-state index < -0.39 is 5.41 Å². The van der Waals surface area contributed by atoms with Gasteiger partial charge in [0.25, 0.3) is 0 Å². The van der Waals surface area contributed by atoms with Gasteiger partial charge in [0.15, 0.2) is 5.13 Å². The number of nitrogens with zero attached hydrogens (tertiary/aromatic N) is 2. The number of anilines is 1. The maximum absolute atomic E-state index is 12.6. The van der Waals surface area contributed by atoms with Crippen molar-refractivity contribution in [3.8, 4) is 0 Å². The van der Waals surface area contributed by atoms with Crippen LogP contribution in [0.15, 0.2) is 5.38 Å². The van der Waals surface area contributed by atoms with E-state index in [9.17, 15) is 4.79 Å². The molecule has 23 heavy (non-hydrogen) atoms. The fraction of sp³-hybridized carbons (Fsp3) is 0.750. The Labute approximate surface area is 141 Å². The maximum Gasteiger partial charge on any atom is 0.233 e. The Morgan fingerprint density at radius 3 is 2.78 bits per heavy atom. The Morgan fingerprint density at radius 2 is 2.09 bits per heavy atom. The second-order valence-corrected chi connectivity index (χ2v) is 7.39. The molecule has 2 aliphatic rings. The first-order valence-electron chi connectivity index (χ1n) is 8.48. The summed E-state index contributed by atoms with van der Waals surface area (Å²) in [5.41, 5.74) is 6.42. The molecule has 0 radical (unpaired) electrons. The molecule has 1 aromatic rings. The van der Waals surface area contributed by atoms with Crippen LogP contribution in [-0.4, -0.2) is 48.6 Å². The number of piperidine rings is 1. The molecule has 0 unspecified atom stereocenters. The fourth-order valence-corrected chi connectivity index (χ4v) is 4.00. The maximum atomic E-state index is 12.6. The molecule has 0 aliphatic carbocycles. The highest BCUT2D eigenvalue weighted by Gasteiger charge is 2.39. The molecule has 128 valence electrons. The molecule has 7 heteroatoms. The molecular weight excluding hydrogens is 312 g/mol. The molecule has 2 saturated heterocycles. The molecule has 0 atom stereocenters. The summed E-state index contributed by atoms with van der Waals surface area (Å²) in [4.78, 5) is 19.6. The molecule has 1 amide bonds. The topological polar surface area (TPSA) is 80.5 Å². The van der Waals surface area contributed by atoms with Gasteiger partial charge in [-0.1, -0.05) is 6.42 Å². The largest absolute Gasteiger partial charge is 0.381 e. The first-order chi connectivity index (χ1) is 11.2. The van der Waals surface area contributed by atoms with Crippen molar-refractivity contribution < 1.29 is 9.53 Å². The van der Waals surface area contributed by atoms with Crippen LogP contribution >= 0.6 is 11.3 Å². The van der Waals surface area contributed by atoms with E-state index in [0.717, 1.165) is 25.3 Å². The summed E-state index contributed by atoms with van der Waals surface area (Å²) < 4.78 is 5.36. The number of nitrogens with two attached hydrogens (primary N) is 1. The van der Waals surface area contributed by atoms with Gasteiger partial charge < -0.3 is 15.8 Å². The summed E-state index contributed by atoms with van der Waals surface area (Å²) in [5.74, 6) is -0.0119. The molecule has 0 spiro atoms. The van der Waals surface area contributed by atoms with Crippen LogP contribution in [0.3, 0.4) is 0 Å². The standard InChI is InChI=1S/C16H26N4O2S/c17-12-16(4-8-22-9-5-16)14(21)19-15-18-13(11-23-15)10-20-6-2-1-3-7-20/h11H,1-10,12,17H2,(H,18,19,21). The average Bonchev–Trinajstić information content (AvgIpc) is 3.03. The van der Waals surface area contributed by atoms with Crippen molar-refractivity contribution in [2.45, 2.75) is 38.6 Å². The third-order valence-corrected chi connectivity index (χ3v) is 5.74. The van der Waals surface area contributed by atoms with Crippen LogP contribution in [0.25, 0.3) is 0 Å². The molecule has 1 aromatic heterocycles. The molecule has 6 nitrogen and oxygen atoms in total. The zero-order valence-corrected chi connectivity index (χ0v) is 14.4. The van der Waals surface area contributed by atoms with Crippen molar-refractivity contribution in [3.63, 3.8) is 0 Å². The lowest BCUT2D eigenvalue weighted by molar-refractivity contribution is -0.130. The van der Waals surface area contributed by atoms with Crippen LogP contribution in [0.4, 0.5) is 5.13 Å². The first kappa shape index (κ1) is 16.8. The van der Waals surface area contributed by atoms with Crippen LogP contribution < -0.4 is 11.1 Å². The second kappa shape index (κ2) is 7.70. The van der Waals surface area contributed by atoms with Gasteiger partial charge in [0.2, 0.25) is 5.91 Å². The summed E-state index contributed by atoms with van der Waals surface area (Å²) in [5, 5.41) is 5.70. The predicted molar refractivity (Wildman–Crippen MR) is 91.4 cm³/mol. The normalized spacial score (nSPS) is 22.0. The van der Waals surface area contributed by atoms with E-state index in [4.69, 9.17) is 10.5 Å². The van der Waals surface area contributed by atoms with Crippen molar-refractivity contribution in [1.82, 2.24) is 9.88 Å². The Balaban J connectivity index is 1.58. The van der Waals surface area contributed by atoms with Gasteiger partial charge in [-0.3, -0.25) is 9.69 Å². The van der Waals surface area contributed by atoms with Crippen LogP contribution in [0.1, 0.15) is 37.8 Å². The van der Waals surface area contributed by atoms with Crippen LogP contribution in [0.5, 0.6) is 0 Å². The number of thiazole rings is 1. The minimum absolute atomic E-state index is 0.0119. The summed E-state index contributed by atoms with van der Waals surface area (Å²) >= 11 is 1.50. The number of nitrogens with one attached hydrogen (secondary N) is 1. The number of carbonyl (C=O) groups excluding carboxylic acids is 1. The van der Waals surface area contributed by atoms with E-state index in [1.54, 1.807) is 0 Å². The molecule has 0 saturated carbocycles. The fourth-order valence-electron chi connectivity index (χ4n) is 3.30. The first-order valence-corrected chi connectivity index (χ1v) is 9.36. The molecule has 3 N–H and O–H groups in total. The van der Waals surface area contributed by atoms with Crippen molar-refractivity contribution in [2.75, 3.05) is 38.2 Å². The van der Waals surface area contributed by atoms with Gasteiger partial charge in [0.05, 0.1) is 11.1 Å². The van der Waals surface area contributed by atoms with Gasteiger partial charge in [-0.15, -0.1) is 11.3 Å². The lowest BCUT2D eigenvalue weighted by Gasteiger charge is -2.34. The molecule has 0 bridgehead atoms. The summed E-state index contributed by atoms with van der Waals surface area (Å²) in [6.45, 7) is 4.73. The van der Waals surface area contributed by atoms with Crippen molar-refractivity contribution in [2.24, 2.45) is 11.1 Å². The van der Waals surface area contributed by atoms with E-state index in [1.807, 2.05) is 5.38 Å². The van der Waals surface area contributed by atoms with E-state index in [-0.39, 0.29) is 5.91 Å². The molecule has 0 aromatic carbocycles. The Bertz CT molecular complexity index is 522. The number of carbonyl (C=O) groups is 1.